The molecule has 166 valence electrons. The Morgan fingerprint density at radius 1 is 0.969 bits per heavy atom. The van der Waals surface area contributed by atoms with Crippen molar-refractivity contribution in [2.45, 2.75) is 16.7 Å². The topological polar surface area (TPSA) is 40.5 Å². The van der Waals surface area contributed by atoms with Crippen LogP contribution in [0.1, 0.15) is 11.1 Å². The van der Waals surface area contributed by atoms with Gasteiger partial charge in [0.15, 0.2) is 11.0 Å². The second-order valence-corrected chi connectivity index (χ2v) is 9.02. The fourth-order valence-electron chi connectivity index (χ4n) is 2.76. The summed E-state index contributed by atoms with van der Waals surface area (Å²) in [7, 11) is -0.276. The summed E-state index contributed by atoms with van der Waals surface area (Å²) in [5.41, 5.74) is -3.17. The molecular weight excluding hydrogens is 482 g/mol. The SMILES string of the molecule is CN(c1ccc(C(O)(C#Cc2ccccc2)C(F)(F)F)cc1)S(=O)c1cc(Cl)ccc1Cl. The Balaban J connectivity index is 1.93. The smallest absolute Gasteiger partial charge is 0.366 e. The molecule has 2 unspecified atom stereocenters. The molecule has 0 aliphatic rings. The van der Waals surface area contributed by atoms with Crippen LogP contribution < -0.4 is 4.31 Å². The van der Waals surface area contributed by atoms with Gasteiger partial charge < -0.3 is 5.11 Å². The molecule has 0 bridgehead atoms. The van der Waals surface area contributed by atoms with Crippen LogP contribution >= 0.6 is 23.2 Å². The zero-order valence-corrected chi connectivity index (χ0v) is 18.9. The zero-order chi connectivity index (χ0) is 23.5. The van der Waals surface area contributed by atoms with E-state index in [2.05, 4.69) is 5.92 Å². The van der Waals surface area contributed by atoms with Gasteiger partial charge in [-0.3, -0.25) is 4.31 Å². The molecule has 0 spiro atoms. The molecule has 1 N–H and O–H groups in total. The average molecular weight is 498 g/mol. The molecule has 0 radical (unpaired) electrons. The maximum atomic E-state index is 13.7. The van der Waals surface area contributed by atoms with Gasteiger partial charge in [0, 0.05) is 28.9 Å². The van der Waals surface area contributed by atoms with Crippen molar-refractivity contribution in [1.82, 2.24) is 0 Å². The summed E-state index contributed by atoms with van der Waals surface area (Å²) in [6, 6.07) is 17.4. The molecule has 2 atom stereocenters. The maximum Gasteiger partial charge on any atom is 0.433 e. The van der Waals surface area contributed by atoms with Crippen molar-refractivity contribution in [2.24, 2.45) is 0 Å². The summed E-state index contributed by atoms with van der Waals surface area (Å²) >= 11 is 12.0. The Bertz CT molecular complexity index is 1190. The minimum atomic E-state index is -5.04. The largest absolute Gasteiger partial charge is 0.433 e. The molecule has 32 heavy (non-hydrogen) atoms. The molecule has 9 heteroatoms. The van der Waals surface area contributed by atoms with E-state index in [1.165, 1.54) is 47.8 Å². The van der Waals surface area contributed by atoms with Gasteiger partial charge in [-0.25, -0.2) is 4.21 Å². The quantitative estimate of drug-likeness (QED) is 0.452. The van der Waals surface area contributed by atoms with Crippen molar-refractivity contribution < 1.29 is 22.5 Å². The van der Waals surface area contributed by atoms with E-state index >= 15 is 0 Å². The molecule has 0 heterocycles. The summed E-state index contributed by atoms with van der Waals surface area (Å²) in [5, 5.41) is 11.0. The molecule has 0 aromatic heterocycles. The van der Waals surface area contributed by atoms with Crippen molar-refractivity contribution in [1.29, 1.82) is 0 Å². The second-order valence-electron chi connectivity index (χ2n) is 6.69. The second kappa shape index (κ2) is 9.55. The summed E-state index contributed by atoms with van der Waals surface area (Å²) < 4.78 is 55.4. The van der Waals surface area contributed by atoms with Gasteiger partial charge in [0.05, 0.1) is 9.92 Å². The molecule has 0 saturated carbocycles. The first kappa shape index (κ1) is 24.1. The fourth-order valence-corrected chi connectivity index (χ4v) is 4.38. The number of rotatable bonds is 4. The molecule has 0 amide bonds. The number of alkyl halides is 3. The fraction of sp³-hybridized carbons (Fsp3) is 0.130. The highest BCUT2D eigenvalue weighted by atomic mass is 35.5. The summed E-state index contributed by atoms with van der Waals surface area (Å²) in [4.78, 5) is 0.256. The van der Waals surface area contributed by atoms with E-state index in [1.54, 1.807) is 24.3 Å². The van der Waals surface area contributed by atoms with Crippen LogP contribution in [0.3, 0.4) is 0 Å². The predicted octanol–water partition coefficient (Wildman–Crippen LogP) is 5.95. The minimum absolute atomic E-state index is 0.235. The van der Waals surface area contributed by atoms with Crippen LogP contribution in [0.2, 0.25) is 10.0 Å². The third-order valence-electron chi connectivity index (χ3n) is 4.55. The molecule has 3 aromatic carbocycles. The molecular formula is C23H16Cl2F3NO2S. The van der Waals surface area contributed by atoms with E-state index in [1.807, 2.05) is 5.92 Å². The van der Waals surface area contributed by atoms with Crippen LogP contribution in [0.25, 0.3) is 0 Å². The summed E-state index contributed by atoms with van der Waals surface area (Å²) in [6.07, 6.45) is -5.04. The molecule has 3 nitrogen and oxygen atoms in total. The lowest BCUT2D eigenvalue weighted by atomic mass is 9.93. The van der Waals surface area contributed by atoms with E-state index in [0.717, 1.165) is 12.1 Å². The number of halogens is 5. The molecule has 0 saturated heterocycles. The monoisotopic (exact) mass is 497 g/mol. The Hall–Kier alpha value is -2.50. The van der Waals surface area contributed by atoms with E-state index < -0.39 is 28.3 Å². The third kappa shape index (κ3) is 5.11. The van der Waals surface area contributed by atoms with E-state index in [0.29, 0.717) is 16.3 Å². The van der Waals surface area contributed by atoms with Crippen LogP contribution in [0.15, 0.2) is 77.7 Å². The Morgan fingerprint density at radius 2 is 1.59 bits per heavy atom. The van der Waals surface area contributed by atoms with Crippen LogP contribution in [0.4, 0.5) is 18.9 Å². The molecule has 0 aliphatic heterocycles. The lowest BCUT2D eigenvalue weighted by Gasteiger charge is -2.26. The van der Waals surface area contributed by atoms with E-state index in [-0.39, 0.29) is 9.92 Å². The van der Waals surface area contributed by atoms with Gasteiger partial charge >= 0.3 is 6.18 Å². The molecule has 3 rings (SSSR count). The molecule has 0 fully saturated rings. The van der Waals surface area contributed by atoms with Gasteiger partial charge in [-0.05, 0) is 48.4 Å². The Morgan fingerprint density at radius 3 is 2.19 bits per heavy atom. The lowest BCUT2D eigenvalue weighted by Crippen LogP contribution is -2.41. The number of benzene rings is 3. The van der Waals surface area contributed by atoms with Crippen LogP contribution in [-0.2, 0) is 16.6 Å². The van der Waals surface area contributed by atoms with Crippen molar-refractivity contribution in [3.63, 3.8) is 0 Å². The van der Waals surface area contributed by atoms with Gasteiger partial charge in [0.1, 0.15) is 0 Å². The van der Waals surface area contributed by atoms with Crippen molar-refractivity contribution in [3.05, 3.63) is 94.0 Å². The predicted molar refractivity (Wildman–Crippen MR) is 121 cm³/mol. The highest BCUT2D eigenvalue weighted by Crippen LogP contribution is 2.39. The zero-order valence-electron chi connectivity index (χ0n) is 16.5. The third-order valence-corrected chi connectivity index (χ3v) is 6.65. The Labute approximate surface area is 196 Å². The first-order chi connectivity index (χ1) is 15.0. The van der Waals surface area contributed by atoms with Crippen LogP contribution in [0.5, 0.6) is 0 Å². The number of nitrogens with zero attached hydrogens (tertiary/aromatic N) is 1. The van der Waals surface area contributed by atoms with Crippen LogP contribution in [-0.4, -0.2) is 22.5 Å². The number of anilines is 1. The highest BCUT2D eigenvalue weighted by Gasteiger charge is 2.54. The van der Waals surface area contributed by atoms with Gasteiger partial charge in [-0.15, -0.1) is 0 Å². The Kier molecular flexibility index (Phi) is 7.21. The van der Waals surface area contributed by atoms with Gasteiger partial charge in [0.2, 0.25) is 5.60 Å². The van der Waals surface area contributed by atoms with Crippen molar-refractivity contribution in [3.8, 4) is 11.8 Å². The summed E-state index contributed by atoms with van der Waals surface area (Å²) in [6.45, 7) is 0. The van der Waals surface area contributed by atoms with Crippen LogP contribution in [0, 0.1) is 11.8 Å². The van der Waals surface area contributed by atoms with Gasteiger partial charge in [-0.1, -0.05) is 59.5 Å². The highest BCUT2D eigenvalue weighted by molar-refractivity contribution is 7.86. The first-order valence-corrected chi connectivity index (χ1v) is 11.0. The maximum absolute atomic E-state index is 13.7. The van der Waals surface area contributed by atoms with E-state index in [4.69, 9.17) is 23.2 Å². The molecule has 0 aliphatic carbocycles. The average Bonchev–Trinajstić information content (AvgIpc) is 2.78. The standard InChI is InChI=1S/C23H16Cl2F3NO2S/c1-29(32(31)21-15-18(24)9-12-20(21)25)19-10-7-17(8-11-19)22(30,23(26,27)28)14-13-16-5-3-2-4-6-16/h2-12,15,30H,1H3. The van der Waals surface area contributed by atoms with E-state index in [9.17, 15) is 22.5 Å². The number of aliphatic hydroxyl groups is 1. The molecule has 3 aromatic rings. The lowest BCUT2D eigenvalue weighted by molar-refractivity contribution is -0.240. The number of hydrogen-bond acceptors (Lipinski definition) is 2. The summed E-state index contributed by atoms with van der Waals surface area (Å²) in [5.74, 6) is 4.33. The van der Waals surface area contributed by atoms with Crippen molar-refractivity contribution in [2.75, 3.05) is 11.4 Å². The number of hydrogen-bond donors (Lipinski definition) is 1. The van der Waals surface area contributed by atoms with Crippen molar-refractivity contribution >= 4 is 39.9 Å². The van der Waals surface area contributed by atoms with Gasteiger partial charge in [-0.2, -0.15) is 13.2 Å². The first-order valence-electron chi connectivity index (χ1n) is 9.11. The van der Waals surface area contributed by atoms with Gasteiger partial charge in [0.25, 0.3) is 0 Å². The normalized spacial score (nSPS) is 14.1. The minimum Gasteiger partial charge on any atom is -0.366 e.